The van der Waals surface area contributed by atoms with Crippen molar-refractivity contribution in [2.75, 3.05) is 6.54 Å². The van der Waals surface area contributed by atoms with Gasteiger partial charge in [-0.3, -0.25) is 0 Å². The largest absolute Gasteiger partial charge is 0.310 e. The van der Waals surface area contributed by atoms with Crippen LogP contribution in [0.3, 0.4) is 0 Å². The second kappa shape index (κ2) is 7.57. The van der Waals surface area contributed by atoms with E-state index in [1.807, 2.05) is 0 Å². The van der Waals surface area contributed by atoms with Crippen molar-refractivity contribution in [3.05, 3.63) is 67.2 Å². The molecule has 1 nitrogen and oxygen atoms in total. The molecular formula is C17H19BrIN. The molecule has 0 aliphatic heterocycles. The van der Waals surface area contributed by atoms with Gasteiger partial charge in [-0.05, 0) is 71.3 Å². The molecule has 0 amide bonds. The molecule has 106 valence electrons. The molecule has 20 heavy (non-hydrogen) atoms. The van der Waals surface area contributed by atoms with Gasteiger partial charge in [0.05, 0.1) is 0 Å². The van der Waals surface area contributed by atoms with Crippen LogP contribution in [0.1, 0.15) is 29.7 Å². The van der Waals surface area contributed by atoms with E-state index in [2.05, 4.69) is 100 Å². The Balaban J connectivity index is 2.26. The molecule has 0 heterocycles. The third kappa shape index (κ3) is 4.06. The Morgan fingerprint density at radius 2 is 1.85 bits per heavy atom. The molecule has 1 N–H and O–H groups in total. The summed E-state index contributed by atoms with van der Waals surface area (Å²) in [6, 6.07) is 15.5. The Bertz CT molecular complexity index is 566. The molecule has 1 unspecified atom stereocenters. The molecule has 0 radical (unpaired) electrons. The lowest BCUT2D eigenvalue weighted by atomic mass is 9.97. The lowest BCUT2D eigenvalue weighted by Gasteiger charge is -2.21. The Hall–Kier alpha value is -0.390. The fourth-order valence-corrected chi connectivity index (χ4v) is 3.33. The summed E-state index contributed by atoms with van der Waals surface area (Å²) in [6.45, 7) is 5.32. The van der Waals surface area contributed by atoms with Gasteiger partial charge in [-0.2, -0.15) is 0 Å². The van der Waals surface area contributed by atoms with E-state index in [0.29, 0.717) is 6.04 Å². The predicted molar refractivity (Wildman–Crippen MR) is 98.2 cm³/mol. The number of hydrogen-bond donors (Lipinski definition) is 1. The van der Waals surface area contributed by atoms with Gasteiger partial charge in [-0.25, -0.2) is 0 Å². The highest BCUT2D eigenvalue weighted by Crippen LogP contribution is 2.26. The summed E-state index contributed by atoms with van der Waals surface area (Å²) < 4.78 is 2.50. The molecule has 2 aromatic rings. The molecule has 0 aromatic heterocycles. The van der Waals surface area contributed by atoms with Gasteiger partial charge in [0.15, 0.2) is 0 Å². The lowest BCUT2D eigenvalue weighted by molar-refractivity contribution is 0.547. The summed E-state index contributed by atoms with van der Waals surface area (Å²) in [7, 11) is 0. The van der Waals surface area contributed by atoms with E-state index < -0.39 is 0 Å². The average molecular weight is 444 g/mol. The molecule has 0 aliphatic carbocycles. The smallest absolute Gasteiger partial charge is 0.0371 e. The van der Waals surface area contributed by atoms with Gasteiger partial charge in [0.25, 0.3) is 0 Å². The van der Waals surface area contributed by atoms with E-state index in [1.165, 1.54) is 20.3 Å². The van der Waals surface area contributed by atoms with Crippen molar-refractivity contribution in [2.24, 2.45) is 0 Å². The summed E-state index contributed by atoms with van der Waals surface area (Å²) in [5.41, 5.74) is 4.11. The molecule has 0 saturated carbocycles. The van der Waals surface area contributed by atoms with Crippen molar-refractivity contribution in [3.63, 3.8) is 0 Å². The normalized spacial score (nSPS) is 12.4. The van der Waals surface area contributed by atoms with Gasteiger partial charge in [0.1, 0.15) is 0 Å². The van der Waals surface area contributed by atoms with Crippen LogP contribution >= 0.6 is 38.5 Å². The first kappa shape index (κ1) is 16.0. The highest BCUT2D eigenvalue weighted by molar-refractivity contribution is 14.1. The van der Waals surface area contributed by atoms with Gasteiger partial charge in [0, 0.05) is 14.1 Å². The molecule has 0 aliphatic rings. The summed E-state index contributed by atoms with van der Waals surface area (Å²) in [6.07, 6.45) is 1.01. The summed E-state index contributed by atoms with van der Waals surface area (Å²) in [5, 5.41) is 3.61. The first-order valence-corrected chi connectivity index (χ1v) is 8.71. The number of likely N-dealkylation sites (N-methyl/N-ethyl adjacent to an activating group) is 1. The maximum atomic E-state index is 3.61. The van der Waals surface area contributed by atoms with Gasteiger partial charge < -0.3 is 5.32 Å². The Morgan fingerprint density at radius 1 is 1.15 bits per heavy atom. The van der Waals surface area contributed by atoms with E-state index in [4.69, 9.17) is 0 Å². The second-order valence-electron chi connectivity index (χ2n) is 4.92. The zero-order valence-electron chi connectivity index (χ0n) is 11.8. The third-order valence-corrected chi connectivity index (χ3v) is 5.40. The van der Waals surface area contributed by atoms with E-state index >= 15 is 0 Å². The molecule has 1 atom stereocenters. The van der Waals surface area contributed by atoms with Crippen molar-refractivity contribution in [1.82, 2.24) is 5.32 Å². The number of halogens is 2. The number of rotatable bonds is 5. The van der Waals surface area contributed by atoms with Crippen molar-refractivity contribution >= 4 is 38.5 Å². The Morgan fingerprint density at radius 3 is 2.50 bits per heavy atom. The number of nitrogens with one attached hydrogen (secondary N) is 1. The van der Waals surface area contributed by atoms with E-state index in [9.17, 15) is 0 Å². The second-order valence-corrected chi connectivity index (χ2v) is 6.91. The Labute approximate surface area is 143 Å². The average Bonchev–Trinajstić information content (AvgIpc) is 2.44. The minimum Gasteiger partial charge on any atom is -0.310 e. The molecule has 0 spiro atoms. The molecule has 0 saturated heterocycles. The van der Waals surface area contributed by atoms with E-state index in [0.717, 1.165) is 17.4 Å². The lowest BCUT2D eigenvalue weighted by Crippen LogP contribution is -2.24. The van der Waals surface area contributed by atoms with Crippen LogP contribution in [0.4, 0.5) is 0 Å². The monoisotopic (exact) mass is 443 g/mol. The Kier molecular flexibility index (Phi) is 6.05. The number of benzene rings is 2. The van der Waals surface area contributed by atoms with Crippen LogP contribution in [0.25, 0.3) is 0 Å². The predicted octanol–water partition coefficient (Wildman–Crippen LogP) is 5.26. The summed E-state index contributed by atoms with van der Waals surface area (Å²) >= 11 is 5.95. The molecule has 0 bridgehead atoms. The minimum absolute atomic E-state index is 0.368. The van der Waals surface area contributed by atoms with E-state index in [-0.39, 0.29) is 0 Å². The first-order chi connectivity index (χ1) is 9.61. The fraction of sp³-hybridized carbons (Fsp3) is 0.294. The van der Waals surface area contributed by atoms with Crippen molar-refractivity contribution < 1.29 is 0 Å². The highest BCUT2D eigenvalue weighted by Gasteiger charge is 2.15. The van der Waals surface area contributed by atoms with Crippen LogP contribution < -0.4 is 5.32 Å². The maximum Gasteiger partial charge on any atom is 0.0371 e. The highest BCUT2D eigenvalue weighted by atomic mass is 127. The van der Waals surface area contributed by atoms with Gasteiger partial charge in [0.2, 0.25) is 0 Å². The van der Waals surface area contributed by atoms with Crippen LogP contribution in [-0.4, -0.2) is 6.54 Å². The van der Waals surface area contributed by atoms with Crippen LogP contribution in [0.15, 0.2) is 46.9 Å². The van der Waals surface area contributed by atoms with Gasteiger partial charge >= 0.3 is 0 Å². The van der Waals surface area contributed by atoms with Crippen molar-refractivity contribution in [1.29, 1.82) is 0 Å². The standard InChI is InChI=1S/C17H19BrIN/c1-3-20-16(11-13-7-9-14(18)10-8-13)15-6-4-5-12(2)17(15)19/h4-10,16,20H,3,11H2,1-2H3. The summed E-state index contributed by atoms with van der Waals surface area (Å²) in [5.74, 6) is 0. The topological polar surface area (TPSA) is 12.0 Å². The van der Waals surface area contributed by atoms with Crippen LogP contribution in [0.5, 0.6) is 0 Å². The van der Waals surface area contributed by atoms with E-state index in [1.54, 1.807) is 0 Å². The van der Waals surface area contributed by atoms with Crippen molar-refractivity contribution in [3.8, 4) is 0 Å². The number of aryl methyl sites for hydroxylation is 1. The SMILES string of the molecule is CCNC(Cc1ccc(Br)cc1)c1cccc(C)c1I. The molecule has 0 fully saturated rings. The molecule has 3 heteroatoms. The van der Waals surface area contributed by atoms with Crippen LogP contribution in [-0.2, 0) is 6.42 Å². The summed E-state index contributed by atoms with van der Waals surface area (Å²) in [4.78, 5) is 0. The van der Waals surface area contributed by atoms with Crippen LogP contribution in [0.2, 0.25) is 0 Å². The zero-order chi connectivity index (χ0) is 14.5. The third-order valence-electron chi connectivity index (χ3n) is 3.40. The van der Waals surface area contributed by atoms with Gasteiger partial charge in [-0.15, -0.1) is 0 Å². The minimum atomic E-state index is 0.368. The van der Waals surface area contributed by atoms with Crippen LogP contribution in [0, 0.1) is 10.5 Å². The zero-order valence-corrected chi connectivity index (χ0v) is 15.5. The first-order valence-electron chi connectivity index (χ1n) is 6.84. The fourth-order valence-electron chi connectivity index (χ4n) is 2.33. The van der Waals surface area contributed by atoms with Gasteiger partial charge in [-0.1, -0.05) is 53.2 Å². The molecule has 2 rings (SSSR count). The van der Waals surface area contributed by atoms with Crippen molar-refractivity contribution in [2.45, 2.75) is 26.3 Å². The molecular weight excluding hydrogens is 425 g/mol. The maximum absolute atomic E-state index is 3.61. The quantitative estimate of drug-likeness (QED) is 0.622. The molecule has 2 aromatic carbocycles. The number of hydrogen-bond acceptors (Lipinski definition) is 1.